The molecular formula is C21H20BrClN2O4. The summed E-state index contributed by atoms with van der Waals surface area (Å²) in [5, 5.41) is 3.16. The Bertz CT molecular complexity index is 956. The highest BCUT2D eigenvalue weighted by Crippen LogP contribution is 2.31. The number of anilines is 2. The van der Waals surface area contributed by atoms with Crippen molar-refractivity contribution >= 4 is 56.7 Å². The second kappa shape index (κ2) is 8.97. The van der Waals surface area contributed by atoms with Crippen LogP contribution < -0.4 is 10.2 Å². The smallest absolute Gasteiger partial charge is 0.311 e. The minimum atomic E-state index is -0.635. The quantitative estimate of drug-likeness (QED) is 0.651. The van der Waals surface area contributed by atoms with Crippen LogP contribution in [0.15, 0.2) is 40.9 Å². The van der Waals surface area contributed by atoms with Crippen molar-refractivity contribution in [1.29, 1.82) is 0 Å². The lowest BCUT2D eigenvalue weighted by Crippen LogP contribution is -2.28. The molecule has 1 aliphatic heterocycles. The highest BCUT2D eigenvalue weighted by molar-refractivity contribution is 9.10. The van der Waals surface area contributed by atoms with Crippen LogP contribution in [0.5, 0.6) is 0 Å². The maximum atomic E-state index is 12.3. The lowest BCUT2D eigenvalue weighted by Gasteiger charge is -2.17. The first-order chi connectivity index (χ1) is 13.8. The van der Waals surface area contributed by atoms with Gasteiger partial charge in [-0.05, 0) is 49.2 Å². The monoisotopic (exact) mass is 478 g/mol. The number of rotatable bonds is 5. The van der Waals surface area contributed by atoms with Gasteiger partial charge in [-0.25, -0.2) is 0 Å². The molecular weight excluding hydrogens is 460 g/mol. The lowest BCUT2D eigenvalue weighted by molar-refractivity contribution is -0.151. The molecule has 0 bridgehead atoms. The zero-order chi connectivity index (χ0) is 21.1. The van der Waals surface area contributed by atoms with Crippen molar-refractivity contribution in [3.63, 3.8) is 0 Å². The van der Waals surface area contributed by atoms with Crippen molar-refractivity contribution in [2.45, 2.75) is 20.3 Å². The van der Waals surface area contributed by atoms with Gasteiger partial charge in [0.25, 0.3) is 5.91 Å². The van der Waals surface area contributed by atoms with Crippen molar-refractivity contribution in [3.05, 3.63) is 57.0 Å². The molecule has 0 aliphatic carbocycles. The fourth-order valence-corrected chi connectivity index (χ4v) is 3.71. The summed E-state index contributed by atoms with van der Waals surface area (Å²) < 4.78 is 6.12. The fraction of sp³-hybridized carbons (Fsp3) is 0.286. The zero-order valence-corrected chi connectivity index (χ0v) is 18.3. The van der Waals surface area contributed by atoms with E-state index in [0.29, 0.717) is 16.4 Å². The number of nitrogens with zero attached hydrogens (tertiary/aromatic N) is 1. The molecule has 2 aromatic rings. The summed E-state index contributed by atoms with van der Waals surface area (Å²) in [7, 11) is 0. The molecule has 0 radical (unpaired) electrons. The van der Waals surface area contributed by atoms with E-state index < -0.39 is 24.4 Å². The third-order valence-corrected chi connectivity index (χ3v) is 6.24. The van der Waals surface area contributed by atoms with Crippen molar-refractivity contribution in [3.8, 4) is 0 Å². The first-order valence-corrected chi connectivity index (χ1v) is 10.2. The van der Waals surface area contributed by atoms with Crippen molar-refractivity contribution in [2.24, 2.45) is 5.92 Å². The molecule has 1 atom stereocenters. The van der Waals surface area contributed by atoms with E-state index in [0.717, 1.165) is 15.6 Å². The Hall–Kier alpha value is -2.38. The molecule has 1 fully saturated rings. The number of hydrogen-bond acceptors (Lipinski definition) is 4. The Morgan fingerprint density at radius 3 is 2.55 bits per heavy atom. The van der Waals surface area contributed by atoms with Gasteiger partial charge in [-0.2, -0.15) is 0 Å². The molecule has 1 aliphatic rings. The molecule has 2 amide bonds. The third kappa shape index (κ3) is 4.97. The number of benzene rings is 2. The van der Waals surface area contributed by atoms with Gasteiger partial charge in [-0.3, -0.25) is 14.4 Å². The second-order valence-electron chi connectivity index (χ2n) is 6.94. The SMILES string of the molecule is Cc1cc(NC(=O)COC(=O)[C@H]2CC(=O)N(c3ccccc3Cl)C2)cc(C)c1Br. The molecule has 3 rings (SSSR count). The highest BCUT2D eigenvalue weighted by atomic mass is 79.9. The van der Waals surface area contributed by atoms with Gasteiger partial charge in [0, 0.05) is 23.1 Å². The number of nitrogens with one attached hydrogen (secondary N) is 1. The summed E-state index contributed by atoms with van der Waals surface area (Å²) in [6.07, 6.45) is 0.0246. The molecule has 0 spiro atoms. The summed E-state index contributed by atoms with van der Waals surface area (Å²) in [5.41, 5.74) is 3.17. The van der Waals surface area contributed by atoms with Crippen molar-refractivity contribution in [2.75, 3.05) is 23.4 Å². The molecule has 2 aromatic carbocycles. The number of carbonyl (C=O) groups is 3. The lowest BCUT2D eigenvalue weighted by atomic mass is 10.1. The van der Waals surface area contributed by atoms with Crippen LogP contribution in [0.4, 0.5) is 11.4 Å². The van der Waals surface area contributed by atoms with E-state index in [1.807, 2.05) is 26.0 Å². The van der Waals surface area contributed by atoms with E-state index in [4.69, 9.17) is 16.3 Å². The number of hydrogen-bond donors (Lipinski definition) is 1. The highest BCUT2D eigenvalue weighted by Gasteiger charge is 2.37. The topological polar surface area (TPSA) is 75.7 Å². The van der Waals surface area contributed by atoms with Crippen molar-refractivity contribution < 1.29 is 19.1 Å². The molecule has 1 heterocycles. The van der Waals surface area contributed by atoms with E-state index >= 15 is 0 Å². The van der Waals surface area contributed by atoms with Crippen LogP contribution in [0.1, 0.15) is 17.5 Å². The van der Waals surface area contributed by atoms with Crippen LogP contribution in [0.3, 0.4) is 0 Å². The molecule has 0 aromatic heterocycles. The van der Waals surface area contributed by atoms with Gasteiger partial charge in [0.05, 0.1) is 16.6 Å². The normalized spacial score (nSPS) is 16.1. The number of esters is 1. The van der Waals surface area contributed by atoms with Crippen LogP contribution in [0, 0.1) is 19.8 Å². The molecule has 29 heavy (non-hydrogen) atoms. The first-order valence-electron chi connectivity index (χ1n) is 9.04. The van der Waals surface area contributed by atoms with Crippen molar-refractivity contribution in [1.82, 2.24) is 0 Å². The van der Waals surface area contributed by atoms with E-state index in [9.17, 15) is 14.4 Å². The third-order valence-electron chi connectivity index (χ3n) is 4.67. The molecule has 1 N–H and O–H groups in total. The molecule has 152 valence electrons. The number of carbonyl (C=O) groups excluding carboxylic acids is 3. The van der Waals surface area contributed by atoms with Crippen LogP contribution in [-0.2, 0) is 19.1 Å². The number of para-hydroxylation sites is 1. The Labute approximate surface area is 182 Å². The summed E-state index contributed by atoms with van der Waals surface area (Å²) in [6.45, 7) is 3.61. The van der Waals surface area contributed by atoms with E-state index in [1.165, 1.54) is 4.90 Å². The van der Waals surface area contributed by atoms with Crippen LogP contribution in [-0.4, -0.2) is 30.9 Å². The Morgan fingerprint density at radius 2 is 1.90 bits per heavy atom. The van der Waals surface area contributed by atoms with Gasteiger partial charge >= 0.3 is 5.97 Å². The average Bonchev–Trinajstić information content (AvgIpc) is 3.06. The number of aryl methyl sites for hydroxylation is 2. The van der Waals surface area contributed by atoms with Gasteiger partial charge < -0.3 is 15.0 Å². The van der Waals surface area contributed by atoms with Gasteiger partial charge in [0.2, 0.25) is 5.91 Å². The van der Waals surface area contributed by atoms with Crippen LogP contribution in [0.2, 0.25) is 5.02 Å². The predicted molar refractivity (Wildman–Crippen MR) is 115 cm³/mol. The molecule has 8 heteroatoms. The van der Waals surface area contributed by atoms with Crippen LogP contribution >= 0.6 is 27.5 Å². The summed E-state index contributed by atoms with van der Waals surface area (Å²) in [4.78, 5) is 38.2. The molecule has 0 saturated carbocycles. The maximum absolute atomic E-state index is 12.3. The summed E-state index contributed by atoms with van der Waals surface area (Å²) in [5.74, 6) is -1.85. The van der Waals surface area contributed by atoms with Gasteiger partial charge in [0.15, 0.2) is 6.61 Å². The average molecular weight is 480 g/mol. The number of halogens is 2. The maximum Gasteiger partial charge on any atom is 0.311 e. The summed E-state index contributed by atoms with van der Waals surface area (Å²) in [6, 6.07) is 10.6. The standard InChI is InChI=1S/C21H20BrClN2O4/c1-12-7-15(8-13(2)20(12)22)24-18(26)11-29-21(28)14-9-19(27)25(10-14)17-6-4-3-5-16(17)23/h3-8,14H,9-11H2,1-2H3,(H,24,26)/t14-/m0/s1. The Balaban J connectivity index is 1.55. The summed E-state index contributed by atoms with van der Waals surface area (Å²) >= 11 is 9.62. The van der Waals surface area contributed by atoms with E-state index in [1.54, 1.807) is 24.3 Å². The minimum absolute atomic E-state index is 0.0246. The number of amides is 2. The molecule has 6 nitrogen and oxygen atoms in total. The zero-order valence-electron chi connectivity index (χ0n) is 16.0. The fourth-order valence-electron chi connectivity index (χ4n) is 3.24. The van der Waals surface area contributed by atoms with Gasteiger partial charge in [0.1, 0.15) is 0 Å². The largest absolute Gasteiger partial charge is 0.455 e. The second-order valence-corrected chi connectivity index (χ2v) is 8.14. The minimum Gasteiger partial charge on any atom is -0.455 e. The Morgan fingerprint density at radius 1 is 1.24 bits per heavy atom. The van der Waals surface area contributed by atoms with Crippen LogP contribution in [0.25, 0.3) is 0 Å². The molecule has 1 saturated heterocycles. The van der Waals surface area contributed by atoms with Gasteiger partial charge in [-0.15, -0.1) is 0 Å². The molecule has 0 unspecified atom stereocenters. The predicted octanol–water partition coefficient (Wildman–Crippen LogP) is 4.25. The first kappa shape index (κ1) is 21.3. The van der Waals surface area contributed by atoms with Gasteiger partial charge in [-0.1, -0.05) is 39.7 Å². The van der Waals surface area contributed by atoms with E-state index in [2.05, 4.69) is 21.2 Å². The Kier molecular flexibility index (Phi) is 6.59. The van der Waals surface area contributed by atoms with E-state index in [-0.39, 0.29) is 18.9 Å². The number of ether oxygens (including phenoxy) is 1.